The van der Waals surface area contributed by atoms with Gasteiger partial charge in [0.2, 0.25) is 0 Å². The van der Waals surface area contributed by atoms with Crippen LogP contribution < -0.4 is 5.32 Å². The van der Waals surface area contributed by atoms with Gasteiger partial charge in [0.05, 0.1) is 6.61 Å². The molecule has 0 aliphatic carbocycles. The number of nitrogens with zero attached hydrogens (tertiary/aromatic N) is 1. The van der Waals surface area contributed by atoms with Crippen molar-refractivity contribution in [3.05, 3.63) is 28.5 Å². The first-order valence-electron chi connectivity index (χ1n) is 4.70. The zero-order valence-corrected chi connectivity index (χ0v) is 9.79. The third kappa shape index (κ3) is 3.74. The Labute approximate surface area is 92.7 Å². The molecule has 78 valence electrons. The number of aliphatic hydroxyl groups excluding tert-OH is 1. The van der Waals surface area contributed by atoms with Gasteiger partial charge in [0.25, 0.3) is 0 Å². The molecular formula is C10H15BrN2O. The first kappa shape index (κ1) is 11.6. The van der Waals surface area contributed by atoms with Gasteiger partial charge >= 0.3 is 0 Å². The van der Waals surface area contributed by atoms with Crippen LogP contribution in [0.2, 0.25) is 0 Å². The van der Waals surface area contributed by atoms with E-state index in [0.29, 0.717) is 0 Å². The largest absolute Gasteiger partial charge is 0.395 e. The van der Waals surface area contributed by atoms with Crippen molar-refractivity contribution in [1.82, 2.24) is 10.3 Å². The maximum atomic E-state index is 8.97. The van der Waals surface area contributed by atoms with Crippen LogP contribution in [0.1, 0.15) is 18.9 Å². The highest BCUT2D eigenvalue weighted by atomic mass is 79.9. The molecule has 0 aliphatic rings. The van der Waals surface area contributed by atoms with Crippen LogP contribution in [0.4, 0.5) is 0 Å². The van der Waals surface area contributed by atoms with Crippen molar-refractivity contribution >= 4 is 15.9 Å². The predicted molar refractivity (Wildman–Crippen MR) is 59.9 cm³/mol. The van der Waals surface area contributed by atoms with Crippen LogP contribution in [0.5, 0.6) is 0 Å². The molecule has 1 rings (SSSR count). The van der Waals surface area contributed by atoms with Gasteiger partial charge in [-0.15, -0.1) is 0 Å². The number of aromatic nitrogens is 1. The van der Waals surface area contributed by atoms with E-state index in [-0.39, 0.29) is 12.6 Å². The van der Waals surface area contributed by atoms with Crippen molar-refractivity contribution < 1.29 is 5.11 Å². The lowest BCUT2D eigenvalue weighted by molar-refractivity contribution is 0.238. The summed E-state index contributed by atoms with van der Waals surface area (Å²) in [7, 11) is 0. The van der Waals surface area contributed by atoms with Gasteiger partial charge in [-0.25, -0.2) is 0 Å². The number of rotatable bonds is 5. The van der Waals surface area contributed by atoms with Crippen molar-refractivity contribution in [2.75, 3.05) is 6.61 Å². The van der Waals surface area contributed by atoms with E-state index in [0.717, 1.165) is 23.0 Å². The number of nitrogens with one attached hydrogen (secondary N) is 1. The normalized spacial score (nSPS) is 12.8. The van der Waals surface area contributed by atoms with Crippen LogP contribution in [-0.4, -0.2) is 22.7 Å². The molecule has 0 aliphatic heterocycles. The number of aliphatic hydroxyl groups is 1. The summed E-state index contributed by atoms with van der Waals surface area (Å²) in [4.78, 5) is 4.06. The van der Waals surface area contributed by atoms with Crippen molar-refractivity contribution in [3.63, 3.8) is 0 Å². The van der Waals surface area contributed by atoms with Crippen molar-refractivity contribution in [1.29, 1.82) is 0 Å². The van der Waals surface area contributed by atoms with Gasteiger partial charge in [-0.05, 0) is 34.0 Å². The first-order chi connectivity index (χ1) is 6.76. The molecule has 0 saturated heterocycles. The lowest BCUT2D eigenvalue weighted by Crippen LogP contribution is -2.31. The maximum Gasteiger partial charge on any atom is 0.0584 e. The fourth-order valence-electron chi connectivity index (χ4n) is 1.15. The van der Waals surface area contributed by atoms with Gasteiger partial charge in [0.1, 0.15) is 0 Å². The van der Waals surface area contributed by atoms with E-state index < -0.39 is 0 Å². The summed E-state index contributed by atoms with van der Waals surface area (Å²) in [6.45, 7) is 2.97. The summed E-state index contributed by atoms with van der Waals surface area (Å²) >= 11 is 3.36. The molecule has 0 spiro atoms. The number of halogens is 1. The van der Waals surface area contributed by atoms with Crippen LogP contribution in [0.3, 0.4) is 0 Å². The molecule has 0 fully saturated rings. The highest BCUT2D eigenvalue weighted by Crippen LogP contribution is 2.09. The minimum Gasteiger partial charge on any atom is -0.395 e. The van der Waals surface area contributed by atoms with Gasteiger partial charge in [0, 0.05) is 29.5 Å². The number of hydrogen-bond donors (Lipinski definition) is 2. The Morgan fingerprint density at radius 3 is 2.93 bits per heavy atom. The Balaban J connectivity index is 2.44. The summed E-state index contributed by atoms with van der Waals surface area (Å²) in [6, 6.07) is 2.19. The number of pyridine rings is 1. The molecule has 0 saturated carbocycles. The fraction of sp³-hybridized carbons (Fsp3) is 0.500. The molecule has 1 heterocycles. The second kappa shape index (κ2) is 6.11. The van der Waals surface area contributed by atoms with Crippen LogP contribution in [0.15, 0.2) is 22.9 Å². The van der Waals surface area contributed by atoms with Gasteiger partial charge in [-0.1, -0.05) is 6.92 Å². The van der Waals surface area contributed by atoms with Crippen LogP contribution in [0, 0.1) is 0 Å². The van der Waals surface area contributed by atoms with Crippen LogP contribution >= 0.6 is 15.9 Å². The molecule has 1 aromatic heterocycles. The monoisotopic (exact) mass is 258 g/mol. The molecule has 4 heteroatoms. The van der Waals surface area contributed by atoms with Crippen molar-refractivity contribution in [2.24, 2.45) is 0 Å². The SMILES string of the molecule is CC[C@@H](CO)NCc1cncc(Br)c1. The Hall–Kier alpha value is -0.450. The Morgan fingerprint density at radius 1 is 1.57 bits per heavy atom. The smallest absolute Gasteiger partial charge is 0.0584 e. The highest BCUT2D eigenvalue weighted by molar-refractivity contribution is 9.10. The second-order valence-corrected chi connectivity index (χ2v) is 4.10. The summed E-state index contributed by atoms with van der Waals surface area (Å²) in [6.07, 6.45) is 4.51. The molecule has 0 radical (unpaired) electrons. The summed E-state index contributed by atoms with van der Waals surface area (Å²) in [5, 5.41) is 12.2. The Bertz CT molecular complexity index is 277. The van der Waals surface area contributed by atoms with E-state index >= 15 is 0 Å². The third-order valence-corrected chi connectivity index (χ3v) is 2.50. The topological polar surface area (TPSA) is 45.1 Å². The summed E-state index contributed by atoms with van der Waals surface area (Å²) in [5.41, 5.74) is 1.12. The minimum absolute atomic E-state index is 0.175. The average molecular weight is 259 g/mol. The summed E-state index contributed by atoms with van der Waals surface area (Å²) < 4.78 is 0.980. The van der Waals surface area contributed by atoms with E-state index in [1.807, 2.05) is 19.2 Å². The summed E-state index contributed by atoms with van der Waals surface area (Å²) in [5.74, 6) is 0. The molecule has 0 aromatic carbocycles. The lowest BCUT2D eigenvalue weighted by atomic mass is 10.2. The van der Waals surface area contributed by atoms with Crippen LogP contribution in [-0.2, 0) is 6.54 Å². The van der Waals surface area contributed by atoms with Crippen molar-refractivity contribution in [2.45, 2.75) is 25.9 Å². The fourth-order valence-corrected chi connectivity index (χ4v) is 1.56. The third-order valence-electron chi connectivity index (χ3n) is 2.07. The second-order valence-electron chi connectivity index (χ2n) is 3.18. The molecule has 0 unspecified atom stereocenters. The maximum absolute atomic E-state index is 8.97. The van der Waals surface area contributed by atoms with Gasteiger partial charge < -0.3 is 10.4 Å². The quantitative estimate of drug-likeness (QED) is 0.846. The highest BCUT2D eigenvalue weighted by Gasteiger charge is 2.03. The minimum atomic E-state index is 0.175. The molecule has 1 atom stereocenters. The van der Waals surface area contributed by atoms with Gasteiger partial charge in [0.15, 0.2) is 0 Å². The van der Waals surface area contributed by atoms with E-state index in [1.54, 1.807) is 6.20 Å². The molecule has 1 aromatic rings. The standard InChI is InChI=1S/C10H15BrN2O/c1-2-10(7-14)13-5-8-3-9(11)6-12-4-8/h3-4,6,10,13-14H,2,5,7H2,1H3/t10-/m0/s1. The van der Waals surface area contributed by atoms with E-state index in [4.69, 9.17) is 5.11 Å². The molecule has 0 amide bonds. The van der Waals surface area contributed by atoms with Crippen molar-refractivity contribution in [3.8, 4) is 0 Å². The van der Waals surface area contributed by atoms with Gasteiger partial charge in [-0.3, -0.25) is 4.98 Å². The van der Waals surface area contributed by atoms with Crippen LogP contribution in [0.25, 0.3) is 0 Å². The molecule has 3 nitrogen and oxygen atoms in total. The Kier molecular flexibility index (Phi) is 5.07. The lowest BCUT2D eigenvalue weighted by Gasteiger charge is -2.13. The number of hydrogen-bond acceptors (Lipinski definition) is 3. The molecule has 14 heavy (non-hydrogen) atoms. The van der Waals surface area contributed by atoms with E-state index in [2.05, 4.69) is 26.2 Å². The molecule has 0 bridgehead atoms. The zero-order chi connectivity index (χ0) is 10.4. The van der Waals surface area contributed by atoms with E-state index in [1.165, 1.54) is 0 Å². The molecular weight excluding hydrogens is 244 g/mol. The average Bonchev–Trinajstić information content (AvgIpc) is 2.19. The zero-order valence-electron chi connectivity index (χ0n) is 8.20. The predicted octanol–water partition coefficient (Wildman–Crippen LogP) is 1.70. The van der Waals surface area contributed by atoms with Gasteiger partial charge in [-0.2, -0.15) is 0 Å². The van der Waals surface area contributed by atoms with E-state index in [9.17, 15) is 0 Å². The molecule has 2 N–H and O–H groups in total. The first-order valence-corrected chi connectivity index (χ1v) is 5.49. The Morgan fingerprint density at radius 2 is 2.36 bits per heavy atom.